The van der Waals surface area contributed by atoms with Crippen molar-refractivity contribution < 1.29 is 8.42 Å². The van der Waals surface area contributed by atoms with E-state index >= 15 is 0 Å². The van der Waals surface area contributed by atoms with E-state index in [9.17, 15) is 8.42 Å². The van der Waals surface area contributed by atoms with Gasteiger partial charge in [-0.2, -0.15) is 0 Å². The molecular formula is C15H26N2O2S. The Labute approximate surface area is 123 Å². The Morgan fingerprint density at radius 1 is 1.05 bits per heavy atom. The Morgan fingerprint density at radius 3 is 2.00 bits per heavy atom. The van der Waals surface area contributed by atoms with Gasteiger partial charge in [-0.15, -0.1) is 0 Å². The van der Waals surface area contributed by atoms with E-state index in [1.165, 1.54) is 0 Å². The summed E-state index contributed by atoms with van der Waals surface area (Å²) in [5, 5.41) is 3.05. The number of sulfonamides is 1. The maximum Gasteiger partial charge on any atom is 0.241 e. The van der Waals surface area contributed by atoms with Crippen molar-refractivity contribution in [3.63, 3.8) is 0 Å². The molecule has 4 nitrogen and oxygen atoms in total. The predicted molar refractivity (Wildman–Crippen MR) is 83.7 cm³/mol. The van der Waals surface area contributed by atoms with E-state index < -0.39 is 10.0 Å². The molecule has 0 spiro atoms. The number of nitrogens with one attached hydrogen (secondary N) is 2. The van der Waals surface area contributed by atoms with Crippen LogP contribution in [-0.2, 0) is 10.0 Å². The number of rotatable bonds is 6. The smallest absolute Gasteiger partial charge is 0.241 e. The van der Waals surface area contributed by atoms with E-state index in [-0.39, 0.29) is 5.92 Å². The lowest BCUT2D eigenvalue weighted by molar-refractivity contribution is 0.518. The summed E-state index contributed by atoms with van der Waals surface area (Å²) in [7, 11) is -1.59. The molecule has 114 valence electrons. The Balaban J connectivity index is 3.10. The van der Waals surface area contributed by atoms with Crippen LogP contribution in [0.25, 0.3) is 0 Å². The van der Waals surface area contributed by atoms with Crippen molar-refractivity contribution in [2.75, 3.05) is 20.1 Å². The lowest BCUT2D eigenvalue weighted by Crippen LogP contribution is -2.33. The van der Waals surface area contributed by atoms with Crippen LogP contribution in [0.3, 0.4) is 0 Å². The Kier molecular flexibility index (Phi) is 5.74. The second-order valence-corrected chi connectivity index (χ2v) is 7.31. The standard InChI is InChI=1S/C15H26N2O2S/c1-10(8-16-6)9-17-20(18,19)15-13(4)11(2)7-12(3)14(15)5/h7,10,16-17H,8-9H2,1-6H3. The average molecular weight is 298 g/mol. The van der Waals surface area contributed by atoms with E-state index in [4.69, 9.17) is 0 Å². The summed E-state index contributed by atoms with van der Waals surface area (Å²) in [5.74, 6) is 0.251. The quantitative estimate of drug-likeness (QED) is 0.845. The van der Waals surface area contributed by atoms with E-state index in [2.05, 4.69) is 10.0 Å². The monoisotopic (exact) mass is 298 g/mol. The van der Waals surface area contributed by atoms with Crippen LogP contribution < -0.4 is 10.0 Å². The highest BCUT2D eigenvalue weighted by atomic mass is 32.2. The second kappa shape index (κ2) is 6.70. The van der Waals surface area contributed by atoms with Crippen LogP contribution in [0.15, 0.2) is 11.0 Å². The van der Waals surface area contributed by atoms with Crippen molar-refractivity contribution in [1.29, 1.82) is 0 Å². The molecule has 0 aliphatic heterocycles. The zero-order valence-electron chi connectivity index (χ0n) is 13.3. The van der Waals surface area contributed by atoms with Gasteiger partial charge in [-0.1, -0.05) is 13.0 Å². The van der Waals surface area contributed by atoms with Crippen LogP contribution in [-0.4, -0.2) is 28.6 Å². The highest BCUT2D eigenvalue weighted by Gasteiger charge is 2.22. The van der Waals surface area contributed by atoms with Crippen LogP contribution in [0, 0.1) is 33.6 Å². The third-order valence-corrected chi connectivity index (χ3v) is 5.44. The van der Waals surface area contributed by atoms with Crippen molar-refractivity contribution in [2.24, 2.45) is 5.92 Å². The van der Waals surface area contributed by atoms with Gasteiger partial charge in [-0.05, 0) is 69.5 Å². The molecule has 0 saturated heterocycles. The molecule has 20 heavy (non-hydrogen) atoms. The number of aryl methyl sites for hydroxylation is 2. The van der Waals surface area contributed by atoms with Crippen LogP contribution in [0.4, 0.5) is 0 Å². The maximum absolute atomic E-state index is 12.6. The number of hydrogen-bond acceptors (Lipinski definition) is 3. The topological polar surface area (TPSA) is 58.2 Å². The van der Waals surface area contributed by atoms with E-state index in [0.717, 1.165) is 28.8 Å². The van der Waals surface area contributed by atoms with Crippen molar-refractivity contribution in [2.45, 2.75) is 39.5 Å². The Hall–Kier alpha value is -0.910. The molecule has 0 aliphatic rings. The summed E-state index contributed by atoms with van der Waals surface area (Å²) in [6, 6.07) is 2.04. The molecule has 0 radical (unpaired) electrons. The normalized spacial score (nSPS) is 13.5. The number of benzene rings is 1. The molecule has 1 aromatic carbocycles. The van der Waals surface area contributed by atoms with Gasteiger partial charge in [-0.25, -0.2) is 13.1 Å². The summed E-state index contributed by atoms with van der Waals surface area (Å²) in [6.07, 6.45) is 0. The largest absolute Gasteiger partial charge is 0.319 e. The molecule has 0 fully saturated rings. The molecule has 2 N–H and O–H groups in total. The van der Waals surface area contributed by atoms with Gasteiger partial charge in [0, 0.05) is 6.54 Å². The first kappa shape index (κ1) is 17.1. The summed E-state index contributed by atoms with van der Waals surface area (Å²) < 4.78 is 27.8. The first-order valence-electron chi connectivity index (χ1n) is 6.92. The van der Waals surface area contributed by atoms with Gasteiger partial charge in [0.25, 0.3) is 0 Å². The SMILES string of the molecule is CNCC(C)CNS(=O)(=O)c1c(C)c(C)cc(C)c1C. The zero-order valence-corrected chi connectivity index (χ0v) is 14.1. The maximum atomic E-state index is 12.6. The van der Waals surface area contributed by atoms with Crippen molar-refractivity contribution in [3.8, 4) is 0 Å². The van der Waals surface area contributed by atoms with Gasteiger partial charge in [0.05, 0.1) is 4.90 Å². The molecular weight excluding hydrogens is 272 g/mol. The van der Waals surface area contributed by atoms with Gasteiger partial charge >= 0.3 is 0 Å². The molecule has 1 aromatic rings. The fourth-order valence-electron chi connectivity index (χ4n) is 2.33. The minimum atomic E-state index is -3.46. The molecule has 0 amide bonds. The molecule has 5 heteroatoms. The molecule has 0 aliphatic carbocycles. The molecule has 0 bridgehead atoms. The summed E-state index contributed by atoms with van der Waals surface area (Å²) in [6.45, 7) is 10.9. The molecule has 0 saturated carbocycles. The van der Waals surface area contributed by atoms with E-state index in [1.54, 1.807) is 0 Å². The van der Waals surface area contributed by atoms with Crippen LogP contribution >= 0.6 is 0 Å². The van der Waals surface area contributed by atoms with Gasteiger partial charge in [-0.3, -0.25) is 0 Å². The predicted octanol–water partition coefficient (Wildman–Crippen LogP) is 2.05. The fourth-order valence-corrected chi connectivity index (χ4v) is 4.10. The van der Waals surface area contributed by atoms with Gasteiger partial charge < -0.3 is 5.32 Å². The summed E-state index contributed by atoms with van der Waals surface area (Å²) in [5.41, 5.74) is 3.69. The van der Waals surface area contributed by atoms with Gasteiger partial charge in [0.1, 0.15) is 0 Å². The van der Waals surface area contributed by atoms with Crippen LogP contribution in [0.1, 0.15) is 29.2 Å². The molecule has 1 unspecified atom stereocenters. The molecule has 0 aromatic heterocycles. The van der Waals surface area contributed by atoms with Crippen molar-refractivity contribution in [3.05, 3.63) is 28.3 Å². The molecule has 1 atom stereocenters. The van der Waals surface area contributed by atoms with Crippen molar-refractivity contribution >= 4 is 10.0 Å². The minimum Gasteiger partial charge on any atom is -0.319 e. The average Bonchev–Trinajstić information content (AvgIpc) is 2.35. The third-order valence-electron chi connectivity index (χ3n) is 3.74. The first-order valence-corrected chi connectivity index (χ1v) is 8.40. The molecule has 1 rings (SSSR count). The fraction of sp³-hybridized carbons (Fsp3) is 0.600. The minimum absolute atomic E-state index is 0.251. The third kappa shape index (κ3) is 3.81. The van der Waals surface area contributed by atoms with Crippen LogP contribution in [0.5, 0.6) is 0 Å². The van der Waals surface area contributed by atoms with Gasteiger partial charge in [0.15, 0.2) is 0 Å². The van der Waals surface area contributed by atoms with E-state index in [0.29, 0.717) is 11.4 Å². The highest BCUT2D eigenvalue weighted by molar-refractivity contribution is 7.89. The highest BCUT2D eigenvalue weighted by Crippen LogP contribution is 2.25. The van der Waals surface area contributed by atoms with E-state index in [1.807, 2.05) is 47.7 Å². The van der Waals surface area contributed by atoms with Gasteiger partial charge in [0.2, 0.25) is 10.0 Å². The lowest BCUT2D eigenvalue weighted by atomic mass is 10.0. The second-order valence-electron chi connectivity index (χ2n) is 5.60. The number of hydrogen-bond donors (Lipinski definition) is 2. The Morgan fingerprint density at radius 2 is 1.55 bits per heavy atom. The molecule has 0 heterocycles. The summed E-state index contributed by atoms with van der Waals surface area (Å²) >= 11 is 0. The first-order chi connectivity index (χ1) is 9.20. The van der Waals surface area contributed by atoms with Crippen LogP contribution in [0.2, 0.25) is 0 Å². The zero-order chi connectivity index (χ0) is 15.5. The summed E-state index contributed by atoms with van der Waals surface area (Å²) in [4.78, 5) is 0.437. The Bertz CT molecular complexity index is 554. The lowest BCUT2D eigenvalue weighted by Gasteiger charge is -2.18. The van der Waals surface area contributed by atoms with Crippen molar-refractivity contribution in [1.82, 2.24) is 10.0 Å².